The van der Waals surface area contributed by atoms with E-state index in [0.717, 1.165) is 12.8 Å². The lowest BCUT2D eigenvalue weighted by molar-refractivity contribution is 0.0706. The van der Waals surface area contributed by atoms with Crippen molar-refractivity contribution in [2.24, 2.45) is 0 Å². The van der Waals surface area contributed by atoms with Gasteiger partial charge < -0.3 is 10.0 Å². The van der Waals surface area contributed by atoms with Gasteiger partial charge in [-0.1, -0.05) is 0 Å². The van der Waals surface area contributed by atoms with Crippen LogP contribution < -0.4 is 0 Å². The van der Waals surface area contributed by atoms with E-state index in [1.54, 1.807) is 4.90 Å². The summed E-state index contributed by atoms with van der Waals surface area (Å²) >= 11 is 0. The zero-order chi connectivity index (χ0) is 10.7. The van der Waals surface area contributed by atoms with Crippen molar-refractivity contribution in [3.05, 3.63) is 24.3 Å². The summed E-state index contributed by atoms with van der Waals surface area (Å²) in [5.74, 6) is -0.0906. The van der Waals surface area contributed by atoms with E-state index in [4.69, 9.17) is 5.11 Å². The Morgan fingerprint density at radius 3 is 2.67 bits per heavy atom. The van der Waals surface area contributed by atoms with E-state index in [-0.39, 0.29) is 12.5 Å². The molecule has 1 aromatic heterocycles. The smallest absolute Gasteiger partial charge is 0.257 e. The molecule has 5 heteroatoms. The Labute approximate surface area is 87.8 Å². The number of carbonyl (C=O) groups excluding carboxylic acids is 1. The van der Waals surface area contributed by atoms with Gasteiger partial charge in [-0.2, -0.15) is 0 Å². The Balaban J connectivity index is 2.10. The van der Waals surface area contributed by atoms with Crippen molar-refractivity contribution in [3.8, 4) is 0 Å². The summed E-state index contributed by atoms with van der Waals surface area (Å²) in [7, 11) is 0. The fourth-order valence-electron chi connectivity index (χ4n) is 1.52. The molecule has 0 radical (unpaired) electrons. The molecule has 1 aromatic rings. The average Bonchev–Trinajstić information content (AvgIpc) is 3.10. The second kappa shape index (κ2) is 4.35. The predicted molar refractivity (Wildman–Crippen MR) is 53.2 cm³/mol. The van der Waals surface area contributed by atoms with Crippen molar-refractivity contribution in [2.75, 3.05) is 13.2 Å². The van der Waals surface area contributed by atoms with E-state index in [1.807, 2.05) is 0 Å². The van der Waals surface area contributed by atoms with Crippen molar-refractivity contribution in [2.45, 2.75) is 18.9 Å². The first-order valence-corrected chi connectivity index (χ1v) is 5.00. The van der Waals surface area contributed by atoms with Gasteiger partial charge in [0.1, 0.15) is 6.33 Å². The van der Waals surface area contributed by atoms with Crippen LogP contribution in [0.4, 0.5) is 0 Å². The standard InChI is InChI=1S/C10H13N3O2/c14-4-3-13(9-1-2-9)10(15)8-5-11-7-12-6-8/h5-7,9,14H,1-4H2. The third-order valence-corrected chi connectivity index (χ3v) is 2.40. The third kappa shape index (κ3) is 2.30. The van der Waals surface area contributed by atoms with Gasteiger partial charge in [-0.15, -0.1) is 0 Å². The molecule has 0 aliphatic heterocycles. The van der Waals surface area contributed by atoms with Gasteiger partial charge in [-0.05, 0) is 12.8 Å². The summed E-state index contributed by atoms with van der Waals surface area (Å²) in [6.07, 6.45) is 6.45. The molecule has 1 N–H and O–H groups in total. The minimum Gasteiger partial charge on any atom is -0.395 e. The van der Waals surface area contributed by atoms with E-state index >= 15 is 0 Å². The van der Waals surface area contributed by atoms with E-state index in [0.29, 0.717) is 18.2 Å². The van der Waals surface area contributed by atoms with Gasteiger partial charge in [-0.3, -0.25) is 4.79 Å². The maximum absolute atomic E-state index is 12.0. The van der Waals surface area contributed by atoms with Gasteiger partial charge in [0.15, 0.2) is 0 Å². The maximum Gasteiger partial charge on any atom is 0.257 e. The number of nitrogens with zero attached hydrogens (tertiary/aromatic N) is 3. The molecule has 1 aliphatic rings. The van der Waals surface area contributed by atoms with Crippen LogP contribution in [0.15, 0.2) is 18.7 Å². The number of hydrogen-bond donors (Lipinski definition) is 1. The summed E-state index contributed by atoms with van der Waals surface area (Å²) in [6.45, 7) is 0.383. The number of carbonyl (C=O) groups is 1. The SMILES string of the molecule is O=C(c1cncnc1)N(CCO)C1CC1. The summed E-state index contributed by atoms with van der Waals surface area (Å²) in [4.78, 5) is 21.3. The van der Waals surface area contributed by atoms with Crippen LogP contribution in [0.25, 0.3) is 0 Å². The van der Waals surface area contributed by atoms with Gasteiger partial charge in [-0.25, -0.2) is 9.97 Å². The van der Waals surface area contributed by atoms with Crippen LogP contribution in [-0.2, 0) is 0 Å². The minimum atomic E-state index is -0.0906. The first-order valence-electron chi connectivity index (χ1n) is 5.00. The van der Waals surface area contributed by atoms with Gasteiger partial charge in [0.2, 0.25) is 0 Å². The molecule has 2 rings (SSSR count). The maximum atomic E-state index is 12.0. The highest BCUT2D eigenvalue weighted by molar-refractivity contribution is 5.94. The second-order valence-electron chi connectivity index (χ2n) is 3.58. The van der Waals surface area contributed by atoms with Crippen molar-refractivity contribution in [1.29, 1.82) is 0 Å². The van der Waals surface area contributed by atoms with Gasteiger partial charge in [0, 0.05) is 25.0 Å². The van der Waals surface area contributed by atoms with E-state index in [1.165, 1.54) is 18.7 Å². The highest BCUT2D eigenvalue weighted by Gasteiger charge is 2.32. The Hall–Kier alpha value is -1.49. The van der Waals surface area contributed by atoms with Gasteiger partial charge in [0.05, 0.1) is 12.2 Å². The number of aliphatic hydroxyl groups is 1. The lowest BCUT2D eigenvalue weighted by Crippen LogP contribution is -2.35. The van der Waals surface area contributed by atoms with Crippen molar-refractivity contribution >= 4 is 5.91 Å². The molecule has 0 bridgehead atoms. The molecule has 15 heavy (non-hydrogen) atoms. The predicted octanol–water partition coefficient (Wildman–Crippen LogP) is 0.0735. The Bertz CT molecular complexity index is 338. The molecule has 1 aliphatic carbocycles. The van der Waals surface area contributed by atoms with Crippen LogP contribution in [0, 0.1) is 0 Å². The van der Waals surface area contributed by atoms with Crippen molar-refractivity contribution in [1.82, 2.24) is 14.9 Å². The Kier molecular flexibility index (Phi) is 2.91. The highest BCUT2D eigenvalue weighted by atomic mass is 16.3. The number of amides is 1. The minimum absolute atomic E-state index is 0.00404. The largest absolute Gasteiger partial charge is 0.395 e. The molecule has 0 aromatic carbocycles. The zero-order valence-corrected chi connectivity index (χ0v) is 8.33. The molecule has 1 saturated carbocycles. The first kappa shape index (κ1) is 10.0. The third-order valence-electron chi connectivity index (χ3n) is 2.40. The molecular formula is C10H13N3O2. The Morgan fingerprint density at radius 2 is 2.13 bits per heavy atom. The van der Waals surface area contributed by atoms with Crippen LogP contribution in [-0.4, -0.2) is 45.1 Å². The molecule has 0 saturated heterocycles. The molecule has 1 amide bonds. The number of aromatic nitrogens is 2. The molecule has 0 atom stereocenters. The number of rotatable bonds is 4. The Morgan fingerprint density at radius 1 is 1.47 bits per heavy atom. The van der Waals surface area contributed by atoms with Crippen LogP contribution >= 0.6 is 0 Å². The normalized spacial score (nSPS) is 15.0. The van der Waals surface area contributed by atoms with E-state index in [9.17, 15) is 4.79 Å². The molecule has 5 nitrogen and oxygen atoms in total. The zero-order valence-electron chi connectivity index (χ0n) is 8.33. The highest BCUT2D eigenvalue weighted by Crippen LogP contribution is 2.27. The van der Waals surface area contributed by atoms with Crippen LogP contribution in [0.1, 0.15) is 23.2 Å². The van der Waals surface area contributed by atoms with E-state index in [2.05, 4.69) is 9.97 Å². The van der Waals surface area contributed by atoms with E-state index < -0.39 is 0 Å². The van der Waals surface area contributed by atoms with Gasteiger partial charge >= 0.3 is 0 Å². The van der Waals surface area contributed by atoms with Crippen LogP contribution in [0.5, 0.6) is 0 Å². The summed E-state index contributed by atoms with van der Waals surface area (Å²) < 4.78 is 0. The lowest BCUT2D eigenvalue weighted by Gasteiger charge is -2.20. The molecule has 80 valence electrons. The van der Waals surface area contributed by atoms with Crippen molar-refractivity contribution in [3.63, 3.8) is 0 Å². The topological polar surface area (TPSA) is 66.3 Å². The number of hydrogen-bond acceptors (Lipinski definition) is 4. The van der Waals surface area contributed by atoms with Crippen LogP contribution in [0.2, 0.25) is 0 Å². The van der Waals surface area contributed by atoms with Gasteiger partial charge in [0.25, 0.3) is 5.91 Å². The fraction of sp³-hybridized carbons (Fsp3) is 0.500. The lowest BCUT2D eigenvalue weighted by atomic mass is 10.3. The summed E-state index contributed by atoms with van der Waals surface area (Å²) in [6, 6.07) is 0.296. The second-order valence-corrected chi connectivity index (χ2v) is 3.58. The average molecular weight is 207 g/mol. The molecule has 0 spiro atoms. The molecular weight excluding hydrogens is 194 g/mol. The summed E-state index contributed by atoms with van der Waals surface area (Å²) in [5.41, 5.74) is 0.484. The van der Waals surface area contributed by atoms with Crippen molar-refractivity contribution < 1.29 is 9.90 Å². The monoisotopic (exact) mass is 207 g/mol. The summed E-state index contributed by atoms with van der Waals surface area (Å²) in [5, 5.41) is 8.88. The first-order chi connectivity index (χ1) is 7.33. The number of aliphatic hydroxyl groups excluding tert-OH is 1. The van der Waals surface area contributed by atoms with Crippen LogP contribution in [0.3, 0.4) is 0 Å². The fourth-order valence-corrected chi connectivity index (χ4v) is 1.52. The molecule has 1 heterocycles. The quantitative estimate of drug-likeness (QED) is 0.759. The molecule has 0 unspecified atom stereocenters. The molecule has 1 fully saturated rings.